The Morgan fingerprint density at radius 1 is 0.246 bits per heavy atom. The number of carbonyl (C=O) groups is 4. The Labute approximate surface area is 749 Å². The minimum absolute atomic E-state index is 0.0559. The molecular weight excluding hydrogens is 1730 g/mol. The fourth-order valence-electron chi connectivity index (χ4n) is 15.4. The molecular formula is C106H96ClF19O4. The normalized spacial score (nSPS) is 12.9. The average Bonchev–Trinajstić information content (AvgIpc) is 0.797. The molecule has 0 aromatic heterocycles. The predicted octanol–water partition coefficient (Wildman–Crippen LogP) is 33.6. The predicted molar refractivity (Wildman–Crippen MR) is 475 cm³/mol. The van der Waals surface area contributed by atoms with Crippen molar-refractivity contribution in [3.63, 3.8) is 0 Å². The van der Waals surface area contributed by atoms with Crippen LogP contribution in [0.5, 0.6) is 0 Å². The molecule has 4 nitrogen and oxygen atoms in total. The zero-order valence-electron chi connectivity index (χ0n) is 73.3. The zero-order chi connectivity index (χ0) is 96.1. The maximum absolute atomic E-state index is 14.5. The van der Waals surface area contributed by atoms with Crippen LogP contribution in [0.25, 0.3) is 89.0 Å². The second-order valence-electron chi connectivity index (χ2n) is 34.2. The minimum atomic E-state index is -4.53. The van der Waals surface area contributed by atoms with Gasteiger partial charge in [0.25, 0.3) is 0 Å². The number of rotatable bonds is 24. The van der Waals surface area contributed by atoms with Crippen molar-refractivity contribution < 1.29 is 103 Å². The summed E-state index contributed by atoms with van der Waals surface area (Å²) in [5.41, 5.74) is 7.82. The number of Topliss-reactive ketones (excluding diaryl/α,β-unsaturated/α-hetero) is 4. The smallest absolute Gasteiger partial charge is 0.299 e. The van der Waals surface area contributed by atoms with Crippen molar-refractivity contribution in [2.24, 2.45) is 23.7 Å². The SMILES string of the molecule is CC(=O)C(CC(C)C)c1cc(-c2ccc(C(F)(F)F)cc2)cc(-c2cc(C)cc(C(F)(F)F)c2)c1.CC(=O)C(CC(C)C)c1cc(-c2ccc(C(F)(F)F)cc2)cc(-c2cc(F)cc(F)c2)c1.CC(=O)C(CC(C)C)c1cc(-c2ccc(C(F)(F)F)cc2)cc(-c2ccc(F)cc2F)c1.CC(=O)C(CC(C)C)c1cc(-c2ccc(Cl)cc2)cc(-c2ccc(C(F)(F)F)cc2)c1. The van der Waals surface area contributed by atoms with E-state index >= 15 is 0 Å². The van der Waals surface area contributed by atoms with Crippen molar-refractivity contribution >= 4 is 34.7 Å². The summed E-state index contributed by atoms with van der Waals surface area (Å²) in [6.07, 6.45) is -19.9. The van der Waals surface area contributed by atoms with Gasteiger partial charge in [0.2, 0.25) is 0 Å². The van der Waals surface area contributed by atoms with E-state index in [4.69, 9.17) is 11.6 Å². The lowest BCUT2D eigenvalue weighted by atomic mass is 9.84. The van der Waals surface area contributed by atoms with Crippen molar-refractivity contribution in [1.82, 2.24) is 0 Å². The minimum Gasteiger partial charge on any atom is -0.299 e. The van der Waals surface area contributed by atoms with Crippen molar-refractivity contribution in [3.8, 4) is 89.0 Å². The molecule has 12 aromatic rings. The van der Waals surface area contributed by atoms with Gasteiger partial charge in [-0.25, -0.2) is 17.6 Å². The Bertz CT molecular complexity index is 5920. The largest absolute Gasteiger partial charge is 0.416 e. The van der Waals surface area contributed by atoms with Gasteiger partial charge >= 0.3 is 30.9 Å². The van der Waals surface area contributed by atoms with Crippen LogP contribution in [0, 0.1) is 53.9 Å². The number of alkyl halides is 15. The summed E-state index contributed by atoms with van der Waals surface area (Å²) in [6, 6.07) is 57.6. The number of hydrogen-bond donors (Lipinski definition) is 0. The quantitative estimate of drug-likeness (QED) is 0.0566. The summed E-state index contributed by atoms with van der Waals surface area (Å²) in [6.45, 7) is 23.6. The molecule has 0 saturated carbocycles. The molecule has 0 heterocycles. The van der Waals surface area contributed by atoms with Crippen LogP contribution in [0.15, 0.2) is 249 Å². The lowest BCUT2D eigenvalue weighted by Gasteiger charge is -2.20. The third-order valence-corrected chi connectivity index (χ3v) is 22.0. The summed E-state index contributed by atoms with van der Waals surface area (Å²) >= 11 is 6.02. The van der Waals surface area contributed by atoms with Crippen LogP contribution in [0.1, 0.15) is 188 Å². The highest BCUT2D eigenvalue weighted by Gasteiger charge is 2.36. The number of aryl methyl sites for hydroxylation is 1. The summed E-state index contributed by atoms with van der Waals surface area (Å²) in [4.78, 5) is 49.7. The van der Waals surface area contributed by atoms with Crippen LogP contribution < -0.4 is 0 Å². The van der Waals surface area contributed by atoms with Gasteiger partial charge in [0, 0.05) is 46.4 Å². The topological polar surface area (TPSA) is 68.3 Å². The molecule has 12 aromatic carbocycles. The van der Waals surface area contributed by atoms with Gasteiger partial charge in [0.1, 0.15) is 46.4 Å². The molecule has 0 radical (unpaired) electrons. The van der Waals surface area contributed by atoms with Crippen LogP contribution in [-0.4, -0.2) is 23.1 Å². The lowest BCUT2D eigenvalue weighted by Crippen LogP contribution is -2.12. The molecule has 4 atom stereocenters. The number of halogens is 20. The Kier molecular flexibility index (Phi) is 33.7. The Hall–Kier alpha value is -11.7. The monoisotopic (exact) mass is 1830 g/mol. The van der Waals surface area contributed by atoms with E-state index in [2.05, 4.69) is 13.8 Å². The van der Waals surface area contributed by atoms with Crippen molar-refractivity contribution in [1.29, 1.82) is 0 Å². The van der Waals surface area contributed by atoms with Crippen LogP contribution in [0.2, 0.25) is 5.02 Å². The lowest BCUT2D eigenvalue weighted by molar-refractivity contribution is -0.138. The highest BCUT2D eigenvalue weighted by molar-refractivity contribution is 6.30. The number of carbonyl (C=O) groups excluding carboxylic acids is 4. The van der Waals surface area contributed by atoms with E-state index in [0.29, 0.717) is 120 Å². The Morgan fingerprint density at radius 2 is 0.477 bits per heavy atom. The molecule has 12 rings (SSSR count). The van der Waals surface area contributed by atoms with E-state index < -0.39 is 99.7 Å². The van der Waals surface area contributed by atoms with E-state index in [-0.39, 0.29) is 57.9 Å². The van der Waals surface area contributed by atoms with Gasteiger partial charge in [-0.15, -0.1) is 0 Å². The molecule has 0 aliphatic rings. The fraction of sp³-hybridized carbons (Fsp3) is 0.283. The highest BCUT2D eigenvalue weighted by atomic mass is 35.5. The first-order chi connectivity index (χ1) is 60.6. The van der Waals surface area contributed by atoms with Crippen LogP contribution in [0.4, 0.5) is 83.4 Å². The van der Waals surface area contributed by atoms with Crippen LogP contribution in [0.3, 0.4) is 0 Å². The first-order valence-electron chi connectivity index (χ1n) is 41.8. The molecule has 130 heavy (non-hydrogen) atoms. The van der Waals surface area contributed by atoms with Gasteiger partial charge in [0.15, 0.2) is 0 Å². The van der Waals surface area contributed by atoms with Gasteiger partial charge < -0.3 is 0 Å². The molecule has 0 spiro atoms. The second kappa shape index (κ2) is 42.9. The van der Waals surface area contributed by atoms with Gasteiger partial charge in [-0.05, 0) is 317 Å². The average molecular weight is 1830 g/mol. The standard InChI is InChI=1S/C28H26F6O.C26H24ClF3O.2C26H23F5O/c1-16(2)9-26(18(4)35)23-13-21(19-5-7-24(8-6-19)27(29,30)31)12-22(14-23)20-10-17(3)11-25(15-20)28(32,33)34;1-16(2)12-25(17(3)31)22-14-20(18-4-8-23(9-5-18)26(28,29)30)13-21(15-22)19-6-10-24(27)11-7-19;1-15(2)8-25(16(3)32)21-10-18(17-4-6-22(7-5-17)26(29,30)31)9-19(11-21)20-12-23(27)14-24(28)13-20;1-15(2)10-24(16(3)32)20-12-18(17-4-6-21(7-5-17)26(29,30)31)11-19(13-20)23-9-8-22(27)14-25(23)28/h5-8,10-16,26H,9H2,1-4H3;4-11,13-16,25H,12H2,1-3H3;4-7,9-15,25H,8H2,1-3H3;4-9,11-15,24H,10H2,1-3H3. The Balaban J connectivity index is 0.000000196. The summed E-state index contributed by atoms with van der Waals surface area (Å²) in [5.74, 6) is -3.83. The molecule has 4 unspecified atom stereocenters. The van der Waals surface area contributed by atoms with Crippen molar-refractivity contribution in [2.75, 3.05) is 0 Å². The van der Waals surface area contributed by atoms with Crippen molar-refractivity contribution in [2.45, 2.75) is 170 Å². The number of hydrogen-bond acceptors (Lipinski definition) is 4. The van der Waals surface area contributed by atoms with E-state index in [9.17, 15) is 103 Å². The molecule has 0 N–H and O–H groups in total. The van der Waals surface area contributed by atoms with Gasteiger partial charge in [-0.1, -0.05) is 182 Å². The first-order valence-corrected chi connectivity index (χ1v) is 42.2. The zero-order valence-corrected chi connectivity index (χ0v) is 74.1. The maximum Gasteiger partial charge on any atom is 0.416 e. The first kappa shape index (κ1) is 102. The van der Waals surface area contributed by atoms with Crippen molar-refractivity contribution in [3.05, 3.63) is 333 Å². The molecule has 0 amide bonds. The second-order valence-corrected chi connectivity index (χ2v) is 34.7. The third-order valence-electron chi connectivity index (χ3n) is 21.8. The molecule has 684 valence electrons. The van der Waals surface area contributed by atoms with Crippen LogP contribution in [-0.2, 0) is 50.1 Å². The number of benzene rings is 12. The third kappa shape index (κ3) is 28.4. The molecule has 0 bridgehead atoms. The van der Waals surface area contributed by atoms with Crippen LogP contribution >= 0.6 is 11.6 Å². The van der Waals surface area contributed by atoms with Gasteiger partial charge in [-0.2, -0.15) is 65.9 Å². The van der Waals surface area contributed by atoms with E-state index in [1.54, 1.807) is 86.6 Å². The molecule has 0 aliphatic heterocycles. The molecule has 0 saturated heterocycles. The molecule has 0 fully saturated rings. The Morgan fingerprint density at radius 3 is 0.723 bits per heavy atom. The van der Waals surface area contributed by atoms with Gasteiger partial charge in [-0.3, -0.25) is 19.2 Å². The van der Waals surface area contributed by atoms with E-state index in [0.717, 1.165) is 101 Å². The summed E-state index contributed by atoms with van der Waals surface area (Å²) in [7, 11) is 0. The maximum atomic E-state index is 14.5. The number of ketones is 4. The fourth-order valence-corrected chi connectivity index (χ4v) is 15.5. The molecule has 24 heteroatoms. The molecule has 0 aliphatic carbocycles. The van der Waals surface area contributed by atoms with Gasteiger partial charge in [0.05, 0.1) is 27.8 Å². The summed E-state index contributed by atoms with van der Waals surface area (Å²) in [5, 5.41) is 0.615. The highest BCUT2D eigenvalue weighted by Crippen LogP contribution is 2.45. The van der Waals surface area contributed by atoms with E-state index in [1.807, 2.05) is 71.9 Å². The van der Waals surface area contributed by atoms with E-state index in [1.165, 1.54) is 87.5 Å². The summed E-state index contributed by atoms with van der Waals surface area (Å²) < 4.78 is 252.